The maximum absolute atomic E-state index is 11.6. The molecule has 0 aromatic heterocycles. The highest BCUT2D eigenvalue weighted by atomic mass is 35.5. The maximum atomic E-state index is 11.6. The quantitative estimate of drug-likeness (QED) is 0.683. The molecule has 0 aliphatic rings. The Labute approximate surface area is 132 Å². The first-order valence-corrected chi connectivity index (χ1v) is 6.86. The number of carbonyl (C=O) groups is 1. The number of amides is 1. The van der Waals surface area contributed by atoms with Crippen LogP contribution in [-0.4, -0.2) is 39.8 Å². The lowest BCUT2D eigenvalue weighted by molar-refractivity contribution is -0.124. The lowest BCUT2D eigenvalue weighted by Crippen LogP contribution is -2.35. The average molecular weight is 317 g/mol. The van der Waals surface area contributed by atoms with Gasteiger partial charge in [0.05, 0.1) is 13.7 Å². The molecule has 1 aromatic rings. The van der Waals surface area contributed by atoms with E-state index in [1.165, 1.54) is 0 Å². The number of hydrogen-bond acceptors (Lipinski definition) is 4. The van der Waals surface area contributed by atoms with Gasteiger partial charge < -0.3 is 20.1 Å². The molecule has 5 nitrogen and oxygen atoms in total. The fraction of sp³-hybridized carbons (Fsp3) is 0.533. The number of rotatable bonds is 9. The lowest BCUT2D eigenvalue weighted by atomic mass is 10.1. The van der Waals surface area contributed by atoms with Crippen LogP contribution in [-0.2, 0) is 4.79 Å². The highest BCUT2D eigenvalue weighted by Gasteiger charge is 2.10. The molecule has 0 heterocycles. The molecule has 1 atom stereocenters. The molecular formula is C15H25ClN2O3. The Kier molecular flexibility index (Phi) is 10.4. The predicted molar refractivity (Wildman–Crippen MR) is 86.5 cm³/mol. The fourth-order valence-electron chi connectivity index (χ4n) is 1.74. The van der Waals surface area contributed by atoms with Crippen molar-refractivity contribution >= 4 is 18.3 Å². The summed E-state index contributed by atoms with van der Waals surface area (Å²) in [6.07, 6.45) is 0.773. The van der Waals surface area contributed by atoms with Crippen molar-refractivity contribution in [3.05, 3.63) is 24.3 Å². The average Bonchev–Trinajstić information content (AvgIpc) is 2.47. The molecule has 0 spiro atoms. The number of methoxy groups -OCH3 is 1. The van der Waals surface area contributed by atoms with E-state index in [2.05, 4.69) is 10.6 Å². The van der Waals surface area contributed by atoms with Gasteiger partial charge in [-0.1, -0.05) is 13.0 Å². The molecule has 1 unspecified atom stereocenters. The van der Waals surface area contributed by atoms with Crippen LogP contribution >= 0.6 is 12.4 Å². The third-order valence-corrected chi connectivity index (χ3v) is 2.89. The number of nitrogens with one attached hydrogen (secondary N) is 2. The van der Waals surface area contributed by atoms with E-state index in [0.717, 1.165) is 17.9 Å². The molecule has 1 rings (SSSR count). The van der Waals surface area contributed by atoms with Crippen molar-refractivity contribution in [3.63, 3.8) is 0 Å². The van der Waals surface area contributed by atoms with Gasteiger partial charge in [0.2, 0.25) is 5.91 Å². The molecule has 0 saturated heterocycles. The van der Waals surface area contributed by atoms with Crippen LogP contribution < -0.4 is 20.1 Å². The van der Waals surface area contributed by atoms with Crippen LogP contribution in [0.25, 0.3) is 0 Å². The van der Waals surface area contributed by atoms with Crippen LogP contribution in [0.1, 0.15) is 13.3 Å². The van der Waals surface area contributed by atoms with E-state index in [1.54, 1.807) is 7.11 Å². The molecule has 1 aromatic carbocycles. The third kappa shape index (κ3) is 7.78. The number of halogens is 1. The van der Waals surface area contributed by atoms with E-state index in [0.29, 0.717) is 19.7 Å². The van der Waals surface area contributed by atoms with E-state index in [4.69, 9.17) is 9.47 Å². The summed E-state index contributed by atoms with van der Waals surface area (Å²) in [5.74, 6) is 1.61. The highest BCUT2D eigenvalue weighted by molar-refractivity contribution is 5.85. The summed E-state index contributed by atoms with van der Waals surface area (Å²) in [7, 11) is 3.47. The molecule has 6 heteroatoms. The minimum Gasteiger partial charge on any atom is -0.497 e. The van der Waals surface area contributed by atoms with E-state index in [1.807, 2.05) is 38.2 Å². The van der Waals surface area contributed by atoms with Gasteiger partial charge in [0, 0.05) is 25.1 Å². The topological polar surface area (TPSA) is 59.6 Å². The summed E-state index contributed by atoms with van der Waals surface area (Å²) in [5.41, 5.74) is 0. The molecular weight excluding hydrogens is 292 g/mol. The van der Waals surface area contributed by atoms with Crippen LogP contribution in [0.4, 0.5) is 0 Å². The minimum absolute atomic E-state index is 0. The Morgan fingerprint density at radius 2 is 2.05 bits per heavy atom. The van der Waals surface area contributed by atoms with E-state index in [-0.39, 0.29) is 24.2 Å². The van der Waals surface area contributed by atoms with Crippen LogP contribution in [0, 0.1) is 5.92 Å². The van der Waals surface area contributed by atoms with Crippen molar-refractivity contribution in [2.75, 3.05) is 33.9 Å². The van der Waals surface area contributed by atoms with Gasteiger partial charge in [-0.15, -0.1) is 12.4 Å². The second-order valence-corrected chi connectivity index (χ2v) is 4.63. The summed E-state index contributed by atoms with van der Waals surface area (Å²) in [6, 6.07) is 7.48. The van der Waals surface area contributed by atoms with Gasteiger partial charge in [-0.2, -0.15) is 0 Å². The third-order valence-electron chi connectivity index (χ3n) is 2.89. The molecule has 0 saturated carbocycles. The molecule has 0 fully saturated rings. The largest absolute Gasteiger partial charge is 0.497 e. The normalized spacial score (nSPS) is 11.2. The van der Waals surface area contributed by atoms with Crippen molar-refractivity contribution < 1.29 is 14.3 Å². The summed E-state index contributed by atoms with van der Waals surface area (Å²) in [4.78, 5) is 11.6. The standard InChI is InChI=1S/C15H24N2O3.ClH/c1-12(11-16-2)15(18)17-8-5-9-20-14-7-4-6-13(10-14)19-3;/h4,6-7,10,12,16H,5,8-9,11H2,1-3H3,(H,17,18);1H. The van der Waals surface area contributed by atoms with Gasteiger partial charge in [0.25, 0.3) is 0 Å². The van der Waals surface area contributed by atoms with E-state index < -0.39 is 0 Å². The first-order chi connectivity index (χ1) is 9.67. The smallest absolute Gasteiger partial charge is 0.224 e. The van der Waals surface area contributed by atoms with Gasteiger partial charge in [-0.05, 0) is 25.6 Å². The van der Waals surface area contributed by atoms with E-state index >= 15 is 0 Å². The minimum atomic E-state index is -0.0145. The van der Waals surface area contributed by atoms with Crippen LogP contribution in [0.15, 0.2) is 24.3 Å². The zero-order valence-electron chi connectivity index (χ0n) is 12.8. The van der Waals surface area contributed by atoms with Crippen molar-refractivity contribution in [1.29, 1.82) is 0 Å². The first-order valence-electron chi connectivity index (χ1n) is 6.86. The van der Waals surface area contributed by atoms with Crippen LogP contribution in [0.5, 0.6) is 11.5 Å². The fourth-order valence-corrected chi connectivity index (χ4v) is 1.74. The Bertz CT molecular complexity index is 416. The van der Waals surface area contributed by atoms with Crippen molar-refractivity contribution in [3.8, 4) is 11.5 Å². The highest BCUT2D eigenvalue weighted by Crippen LogP contribution is 2.18. The van der Waals surface area contributed by atoms with Gasteiger partial charge in [0.15, 0.2) is 0 Å². The van der Waals surface area contributed by atoms with Gasteiger partial charge in [-0.3, -0.25) is 4.79 Å². The van der Waals surface area contributed by atoms with Gasteiger partial charge in [-0.25, -0.2) is 0 Å². The Balaban J connectivity index is 0.00000400. The molecule has 0 aliphatic carbocycles. The number of carbonyl (C=O) groups excluding carboxylic acids is 1. The summed E-state index contributed by atoms with van der Waals surface area (Å²) >= 11 is 0. The molecule has 0 aliphatic heterocycles. The number of ether oxygens (including phenoxy) is 2. The summed E-state index contributed by atoms with van der Waals surface area (Å²) < 4.78 is 10.7. The Morgan fingerprint density at radius 1 is 1.33 bits per heavy atom. The monoisotopic (exact) mass is 316 g/mol. The Hall–Kier alpha value is -1.46. The van der Waals surface area contributed by atoms with Crippen LogP contribution in [0.2, 0.25) is 0 Å². The maximum Gasteiger partial charge on any atom is 0.224 e. The zero-order valence-corrected chi connectivity index (χ0v) is 13.7. The zero-order chi connectivity index (χ0) is 14.8. The lowest BCUT2D eigenvalue weighted by Gasteiger charge is -2.12. The molecule has 120 valence electrons. The Morgan fingerprint density at radius 3 is 2.71 bits per heavy atom. The van der Waals surface area contributed by atoms with Crippen molar-refractivity contribution in [1.82, 2.24) is 10.6 Å². The first kappa shape index (κ1) is 19.5. The summed E-state index contributed by atoms with van der Waals surface area (Å²) in [6.45, 7) is 3.77. The van der Waals surface area contributed by atoms with Crippen LogP contribution in [0.3, 0.4) is 0 Å². The number of hydrogen-bond donors (Lipinski definition) is 2. The van der Waals surface area contributed by atoms with Gasteiger partial charge in [0.1, 0.15) is 11.5 Å². The number of benzene rings is 1. The second-order valence-electron chi connectivity index (χ2n) is 4.63. The van der Waals surface area contributed by atoms with Crippen molar-refractivity contribution in [2.24, 2.45) is 5.92 Å². The second kappa shape index (κ2) is 11.2. The summed E-state index contributed by atoms with van der Waals surface area (Å²) in [5, 5.41) is 5.88. The van der Waals surface area contributed by atoms with Crippen molar-refractivity contribution in [2.45, 2.75) is 13.3 Å². The van der Waals surface area contributed by atoms with E-state index in [9.17, 15) is 4.79 Å². The molecule has 2 N–H and O–H groups in total. The molecule has 0 radical (unpaired) electrons. The predicted octanol–water partition coefficient (Wildman–Crippen LogP) is 1.86. The SMILES string of the molecule is CNCC(C)C(=O)NCCCOc1cccc(OC)c1.Cl. The molecule has 1 amide bonds. The molecule has 0 bridgehead atoms. The van der Waals surface area contributed by atoms with Gasteiger partial charge >= 0.3 is 0 Å². The molecule has 21 heavy (non-hydrogen) atoms.